The van der Waals surface area contributed by atoms with E-state index in [1.807, 2.05) is 0 Å². The average molecular weight is 260 g/mol. The highest BCUT2D eigenvalue weighted by Crippen LogP contribution is 2.22. The van der Waals surface area contributed by atoms with Gasteiger partial charge in [0.15, 0.2) is 0 Å². The second-order valence-corrected chi connectivity index (χ2v) is 3.40. The molecule has 5 heteroatoms. The smallest absolute Gasteiger partial charge is 0.278 e. The molecule has 76 valence electrons. The normalized spacial score (nSPS) is 9.64. The lowest BCUT2D eigenvalue weighted by Crippen LogP contribution is -2.22. The van der Waals surface area contributed by atoms with Crippen LogP contribution in [0.3, 0.4) is 0 Å². The first-order valence-corrected chi connectivity index (χ1v) is 4.65. The number of carbonyl (C=O) groups excluding carboxylic acids is 1. The van der Waals surface area contributed by atoms with E-state index < -0.39 is 0 Å². The maximum Gasteiger partial charge on any atom is 0.278 e. The van der Waals surface area contributed by atoms with Gasteiger partial charge in [0, 0.05) is 4.47 Å². The first-order valence-electron chi connectivity index (χ1n) is 3.86. The molecule has 0 aromatic heterocycles. The number of carbonyl (C=O) groups is 1. The lowest BCUT2D eigenvalue weighted by atomic mass is 10.2. The molecule has 1 rings (SSSR count). The summed E-state index contributed by atoms with van der Waals surface area (Å²) in [5.41, 5.74) is 2.64. The quantitative estimate of drug-likeness (QED) is 0.842. The second kappa shape index (κ2) is 4.97. The number of rotatable bonds is 3. The van der Waals surface area contributed by atoms with Gasteiger partial charge in [0.25, 0.3) is 5.91 Å². The van der Waals surface area contributed by atoms with Crippen LogP contribution in [0.1, 0.15) is 10.4 Å². The van der Waals surface area contributed by atoms with Gasteiger partial charge in [0.1, 0.15) is 5.75 Å². The van der Waals surface area contributed by atoms with Crippen LogP contribution in [0.15, 0.2) is 22.7 Å². The van der Waals surface area contributed by atoms with Crippen LogP contribution < -0.4 is 10.2 Å². The molecule has 14 heavy (non-hydrogen) atoms. The molecule has 1 aromatic carbocycles. The number of methoxy groups -OCH3 is 1. The van der Waals surface area contributed by atoms with Crippen molar-refractivity contribution in [3.63, 3.8) is 0 Å². The number of benzene rings is 1. The third kappa shape index (κ3) is 2.46. The zero-order valence-electron chi connectivity index (χ0n) is 7.83. The average Bonchev–Trinajstić information content (AvgIpc) is 2.18. The van der Waals surface area contributed by atoms with Crippen molar-refractivity contribution in [2.24, 2.45) is 0 Å². The molecular weight excluding hydrogens is 250 g/mol. The summed E-state index contributed by atoms with van der Waals surface area (Å²) in [5.74, 6) is 0.161. The van der Waals surface area contributed by atoms with Gasteiger partial charge in [0.05, 0.1) is 19.8 Å². The number of hydroxylamine groups is 1. The predicted octanol–water partition coefficient (Wildman–Crippen LogP) is 1.75. The molecule has 0 heterocycles. The SMILES string of the molecule is CONC(=O)c1cc(Br)ccc1OC. The molecule has 0 radical (unpaired) electrons. The second-order valence-electron chi connectivity index (χ2n) is 2.48. The molecule has 1 N–H and O–H groups in total. The van der Waals surface area contributed by atoms with Crippen LogP contribution >= 0.6 is 15.9 Å². The summed E-state index contributed by atoms with van der Waals surface area (Å²) in [7, 11) is 2.88. The number of hydrogen-bond acceptors (Lipinski definition) is 3. The van der Waals surface area contributed by atoms with Gasteiger partial charge in [0.2, 0.25) is 0 Å². The standard InChI is InChI=1S/C9H10BrNO3/c1-13-8-4-3-6(10)5-7(8)9(12)11-14-2/h3-5H,1-2H3,(H,11,12). The summed E-state index contributed by atoms with van der Waals surface area (Å²) in [6.45, 7) is 0. The number of ether oxygens (including phenoxy) is 1. The van der Waals surface area contributed by atoms with Gasteiger partial charge in [-0.15, -0.1) is 0 Å². The highest BCUT2D eigenvalue weighted by Gasteiger charge is 2.11. The molecule has 0 unspecified atom stereocenters. The number of nitrogens with one attached hydrogen (secondary N) is 1. The molecule has 1 aromatic rings. The van der Waals surface area contributed by atoms with Crippen molar-refractivity contribution >= 4 is 21.8 Å². The van der Waals surface area contributed by atoms with Crippen molar-refractivity contribution in [3.8, 4) is 5.75 Å². The fourth-order valence-electron chi connectivity index (χ4n) is 1.01. The zero-order chi connectivity index (χ0) is 10.6. The summed E-state index contributed by atoms with van der Waals surface area (Å²) in [4.78, 5) is 16.0. The molecule has 0 aliphatic rings. The summed E-state index contributed by atoms with van der Waals surface area (Å²) in [6, 6.07) is 5.16. The van der Waals surface area contributed by atoms with E-state index in [0.717, 1.165) is 4.47 Å². The number of amides is 1. The highest BCUT2D eigenvalue weighted by molar-refractivity contribution is 9.10. The molecule has 0 spiro atoms. The summed E-state index contributed by atoms with van der Waals surface area (Å²) in [5, 5.41) is 0. The van der Waals surface area contributed by atoms with E-state index >= 15 is 0 Å². The number of halogens is 1. The molecule has 1 amide bonds. The van der Waals surface area contributed by atoms with E-state index in [4.69, 9.17) is 4.74 Å². The highest BCUT2D eigenvalue weighted by atomic mass is 79.9. The Balaban J connectivity index is 3.03. The third-order valence-electron chi connectivity index (χ3n) is 1.60. The lowest BCUT2D eigenvalue weighted by Gasteiger charge is -2.07. The summed E-state index contributed by atoms with van der Waals surface area (Å²) >= 11 is 3.27. The van der Waals surface area contributed by atoms with E-state index in [0.29, 0.717) is 11.3 Å². The zero-order valence-corrected chi connectivity index (χ0v) is 9.42. The van der Waals surface area contributed by atoms with Gasteiger partial charge >= 0.3 is 0 Å². The van der Waals surface area contributed by atoms with Crippen molar-refractivity contribution in [2.75, 3.05) is 14.2 Å². The third-order valence-corrected chi connectivity index (χ3v) is 2.09. The van der Waals surface area contributed by atoms with Gasteiger partial charge in [-0.3, -0.25) is 9.63 Å². The van der Waals surface area contributed by atoms with E-state index in [9.17, 15) is 4.79 Å². The van der Waals surface area contributed by atoms with E-state index in [2.05, 4.69) is 26.2 Å². The molecular formula is C9H10BrNO3. The van der Waals surface area contributed by atoms with Crippen molar-refractivity contribution in [3.05, 3.63) is 28.2 Å². The van der Waals surface area contributed by atoms with Crippen molar-refractivity contribution in [1.29, 1.82) is 0 Å². The van der Waals surface area contributed by atoms with Crippen molar-refractivity contribution < 1.29 is 14.4 Å². The van der Waals surface area contributed by atoms with Crippen LogP contribution in [0, 0.1) is 0 Å². The Morgan fingerprint density at radius 1 is 1.43 bits per heavy atom. The minimum Gasteiger partial charge on any atom is -0.496 e. The maximum absolute atomic E-state index is 11.4. The topological polar surface area (TPSA) is 47.6 Å². The van der Waals surface area contributed by atoms with Crippen LogP contribution in [0.5, 0.6) is 5.75 Å². The fourth-order valence-corrected chi connectivity index (χ4v) is 1.37. The minimum absolute atomic E-state index is 0.342. The Kier molecular flexibility index (Phi) is 3.91. The Hall–Kier alpha value is -1.07. The molecule has 0 aliphatic heterocycles. The summed E-state index contributed by atoms with van der Waals surface area (Å²) in [6.07, 6.45) is 0. The molecule has 0 atom stereocenters. The Morgan fingerprint density at radius 2 is 2.14 bits per heavy atom. The molecule has 0 saturated heterocycles. The lowest BCUT2D eigenvalue weighted by molar-refractivity contribution is 0.0534. The maximum atomic E-state index is 11.4. The van der Waals surface area contributed by atoms with Gasteiger partial charge in [-0.25, -0.2) is 5.48 Å². The van der Waals surface area contributed by atoms with Crippen molar-refractivity contribution in [1.82, 2.24) is 5.48 Å². The first kappa shape index (κ1) is 11.0. The molecule has 0 saturated carbocycles. The Labute approximate surface area is 90.3 Å². The van der Waals surface area contributed by atoms with Gasteiger partial charge in [-0.2, -0.15) is 0 Å². The van der Waals surface area contributed by atoms with E-state index in [1.165, 1.54) is 14.2 Å². The first-order chi connectivity index (χ1) is 6.69. The predicted molar refractivity (Wildman–Crippen MR) is 55.2 cm³/mol. The minimum atomic E-state index is -0.342. The fraction of sp³-hybridized carbons (Fsp3) is 0.222. The monoisotopic (exact) mass is 259 g/mol. The van der Waals surface area contributed by atoms with Crippen LogP contribution in [-0.2, 0) is 4.84 Å². The van der Waals surface area contributed by atoms with Gasteiger partial charge in [-0.05, 0) is 18.2 Å². The summed E-state index contributed by atoms with van der Waals surface area (Å²) < 4.78 is 5.84. The van der Waals surface area contributed by atoms with Crippen LogP contribution in [0.4, 0.5) is 0 Å². The van der Waals surface area contributed by atoms with Crippen molar-refractivity contribution in [2.45, 2.75) is 0 Å². The van der Waals surface area contributed by atoms with Gasteiger partial charge < -0.3 is 4.74 Å². The van der Waals surface area contributed by atoms with Crippen LogP contribution in [0.25, 0.3) is 0 Å². The van der Waals surface area contributed by atoms with Crippen LogP contribution in [0.2, 0.25) is 0 Å². The molecule has 0 bridgehead atoms. The largest absolute Gasteiger partial charge is 0.496 e. The van der Waals surface area contributed by atoms with Crippen LogP contribution in [-0.4, -0.2) is 20.1 Å². The molecule has 0 fully saturated rings. The van der Waals surface area contributed by atoms with Gasteiger partial charge in [-0.1, -0.05) is 15.9 Å². The Bertz CT molecular complexity index is 341. The van der Waals surface area contributed by atoms with E-state index in [-0.39, 0.29) is 5.91 Å². The Morgan fingerprint density at radius 3 is 2.71 bits per heavy atom. The molecule has 4 nitrogen and oxygen atoms in total. The number of hydrogen-bond donors (Lipinski definition) is 1. The molecule has 0 aliphatic carbocycles. The van der Waals surface area contributed by atoms with E-state index in [1.54, 1.807) is 18.2 Å².